The van der Waals surface area contributed by atoms with Crippen LogP contribution in [0.5, 0.6) is 11.5 Å². The maximum atomic E-state index is 13.5. The van der Waals surface area contributed by atoms with Crippen LogP contribution in [0.2, 0.25) is 0 Å². The lowest BCUT2D eigenvalue weighted by Gasteiger charge is -2.07. The van der Waals surface area contributed by atoms with Crippen molar-refractivity contribution < 1.29 is 23.5 Å². The van der Waals surface area contributed by atoms with Gasteiger partial charge in [0.25, 0.3) is 11.8 Å². The smallest absolute Gasteiger partial charge is 0.259 e. The number of hydrazone groups is 1. The Bertz CT molecular complexity index is 824. The van der Waals surface area contributed by atoms with Gasteiger partial charge in [-0.15, -0.1) is 0 Å². The Balaban J connectivity index is 1.90. The van der Waals surface area contributed by atoms with Crippen molar-refractivity contribution >= 4 is 18.0 Å². The Labute approximate surface area is 149 Å². The Morgan fingerprint density at radius 2 is 1.92 bits per heavy atom. The van der Waals surface area contributed by atoms with Gasteiger partial charge >= 0.3 is 0 Å². The highest BCUT2D eigenvalue weighted by atomic mass is 19.1. The molecule has 0 atom stereocenters. The van der Waals surface area contributed by atoms with Gasteiger partial charge in [-0.05, 0) is 30.3 Å². The third kappa shape index (κ3) is 5.04. The van der Waals surface area contributed by atoms with Crippen LogP contribution < -0.4 is 20.2 Å². The van der Waals surface area contributed by atoms with Crippen LogP contribution in [0.4, 0.5) is 4.39 Å². The van der Waals surface area contributed by atoms with Gasteiger partial charge in [0.1, 0.15) is 17.3 Å². The highest BCUT2D eigenvalue weighted by molar-refractivity contribution is 5.96. The molecular formula is C18H18FN3O4. The molecule has 0 saturated carbocycles. The van der Waals surface area contributed by atoms with Crippen molar-refractivity contribution in [2.24, 2.45) is 5.10 Å². The number of nitrogens with one attached hydrogen (secondary N) is 2. The number of halogens is 1. The van der Waals surface area contributed by atoms with E-state index in [4.69, 9.17) is 9.47 Å². The highest BCUT2D eigenvalue weighted by Crippen LogP contribution is 2.22. The van der Waals surface area contributed by atoms with Crippen molar-refractivity contribution in [1.29, 1.82) is 0 Å². The summed E-state index contributed by atoms with van der Waals surface area (Å²) in [6.45, 7) is -0.347. The van der Waals surface area contributed by atoms with Crippen molar-refractivity contribution in [2.75, 3.05) is 20.8 Å². The Morgan fingerprint density at radius 3 is 2.62 bits per heavy atom. The first kappa shape index (κ1) is 18.9. The maximum Gasteiger partial charge on any atom is 0.259 e. The molecule has 2 aromatic rings. The molecule has 0 aliphatic heterocycles. The maximum absolute atomic E-state index is 13.5. The van der Waals surface area contributed by atoms with Crippen LogP contribution in [0.15, 0.2) is 47.6 Å². The van der Waals surface area contributed by atoms with E-state index in [1.165, 1.54) is 44.7 Å². The summed E-state index contributed by atoms with van der Waals surface area (Å²) < 4.78 is 23.8. The molecule has 0 heterocycles. The molecule has 0 bridgehead atoms. The molecule has 2 aromatic carbocycles. The molecule has 2 rings (SSSR count). The Morgan fingerprint density at radius 1 is 1.15 bits per heavy atom. The zero-order valence-electron chi connectivity index (χ0n) is 14.3. The Kier molecular flexibility index (Phi) is 6.67. The van der Waals surface area contributed by atoms with E-state index >= 15 is 0 Å². The van der Waals surface area contributed by atoms with E-state index in [0.717, 1.165) is 0 Å². The molecule has 2 amide bonds. The van der Waals surface area contributed by atoms with E-state index in [1.807, 2.05) is 0 Å². The van der Waals surface area contributed by atoms with Gasteiger partial charge < -0.3 is 14.8 Å². The molecule has 8 heteroatoms. The standard InChI is InChI=1S/C18H18FN3O4/c1-25-13-7-8-16(26-2)12(9-13)10-21-22-17(23)11-20-18(24)14-5-3-4-6-15(14)19/h3-10H,11H2,1-2H3,(H,20,24)(H,22,23)/b21-10+. The number of carbonyl (C=O) groups is 2. The number of hydrogen-bond donors (Lipinski definition) is 2. The van der Waals surface area contributed by atoms with E-state index in [-0.39, 0.29) is 12.1 Å². The van der Waals surface area contributed by atoms with Crippen molar-refractivity contribution in [3.05, 3.63) is 59.4 Å². The monoisotopic (exact) mass is 359 g/mol. The minimum atomic E-state index is -0.684. The molecule has 0 spiro atoms. The molecule has 0 unspecified atom stereocenters. The average molecular weight is 359 g/mol. The van der Waals surface area contributed by atoms with E-state index < -0.39 is 17.6 Å². The minimum Gasteiger partial charge on any atom is -0.497 e. The van der Waals surface area contributed by atoms with Crippen LogP contribution in [-0.4, -0.2) is 38.8 Å². The molecule has 0 radical (unpaired) electrons. The van der Waals surface area contributed by atoms with Crippen molar-refractivity contribution in [3.63, 3.8) is 0 Å². The van der Waals surface area contributed by atoms with Gasteiger partial charge in [0.2, 0.25) is 0 Å². The summed E-state index contributed by atoms with van der Waals surface area (Å²) in [7, 11) is 3.04. The lowest BCUT2D eigenvalue weighted by molar-refractivity contribution is -0.120. The number of methoxy groups -OCH3 is 2. The van der Waals surface area contributed by atoms with Gasteiger partial charge in [-0.1, -0.05) is 12.1 Å². The van der Waals surface area contributed by atoms with Gasteiger partial charge in [0.05, 0.1) is 32.5 Å². The van der Waals surface area contributed by atoms with Gasteiger partial charge in [-0.2, -0.15) is 5.10 Å². The number of carbonyl (C=O) groups excluding carboxylic acids is 2. The van der Waals surface area contributed by atoms with Gasteiger partial charge in [0, 0.05) is 5.56 Å². The molecule has 0 fully saturated rings. The normalized spacial score (nSPS) is 10.4. The number of ether oxygens (including phenoxy) is 2. The summed E-state index contributed by atoms with van der Waals surface area (Å²) in [5.74, 6) is -0.745. The average Bonchev–Trinajstić information content (AvgIpc) is 2.66. The predicted octanol–water partition coefficient (Wildman–Crippen LogP) is 1.72. The molecular weight excluding hydrogens is 341 g/mol. The minimum absolute atomic E-state index is 0.134. The summed E-state index contributed by atoms with van der Waals surface area (Å²) in [5, 5.41) is 6.13. The predicted molar refractivity (Wildman–Crippen MR) is 94.0 cm³/mol. The molecule has 2 N–H and O–H groups in total. The molecule has 7 nitrogen and oxygen atoms in total. The molecule has 0 aromatic heterocycles. The molecule has 136 valence electrons. The second-order valence-electron chi connectivity index (χ2n) is 5.06. The zero-order chi connectivity index (χ0) is 18.9. The molecule has 0 saturated heterocycles. The first-order chi connectivity index (χ1) is 12.5. The van der Waals surface area contributed by atoms with Crippen LogP contribution in [0.3, 0.4) is 0 Å². The van der Waals surface area contributed by atoms with Crippen LogP contribution in [0.1, 0.15) is 15.9 Å². The summed E-state index contributed by atoms with van der Waals surface area (Å²) in [6, 6.07) is 10.6. The summed E-state index contributed by atoms with van der Waals surface area (Å²) >= 11 is 0. The van der Waals surface area contributed by atoms with E-state index in [2.05, 4.69) is 15.8 Å². The van der Waals surface area contributed by atoms with E-state index in [1.54, 1.807) is 18.2 Å². The first-order valence-corrected chi connectivity index (χ1v) is 7.61. The summed E-state index contributed by atoms with van der Waals surface area (Å²) in [5.41, 5.74) is 2.73. The number of rotatable bonds is 7. The second kappa shape index (κ2) is 9.16. The fourth-order valence-electron chi connectivity index (χ4n) is 2.05. The molecule has 0 aliphatic rings. The fourth-order valence-corrected chi connectivity index (χ4v) is 2.05. The van der Waals surface area contributed by atoms with Crippen molar-refractivity contribution in [3.8, 4) is 11.5 Å². The number of nitrogens with zero attached hydrogens (tertiary/aromatic N) is 1. The lowest BCUT2D eigenvalue weighted by atomic mass is 10.2. The van der Waals surface area contributed by atoms with Crippen LogP contribution >= 0.6 is 0 Å². The van der Waals surface area contributed by atoms with Crippen LogP contribution in [0, 0.1) is 5.82 Å². The topological polar surface area (TPSA) is 89.0 Å². The SMILES string of the molecule is COc1ccc(OC)c(/C=N/NC(=O)CNC(=O)c2ccccc2F)c1. The summed E-state index contributed by atoms with van der Waals surface area (Å²) in [4.78, 5) is 23.6. The summed E-state index contributed by atoms with van der Waals surface area (Å²) in [6.07, 6.45) is 1.39. The third-order valence-electron chi connectivity index (χ3n) is 3.36. The third-order valence-corrected chi connectivity index (χ3v) is 3.36. The number of amides is 2. The van der Waals surface area contributed by atoms with E-state index in [9.17, 15) is 14.0 Å². The van der Waals surface area contributed by atoms with Crippen molar-refractivity contribution in [1.82, 2.24) is 10.7 Å². The number of hydrogen-bond acceptors (Lipinski definition) is 5. The van der Waals surface area contributed by atoms with E-state index in [0.29, 0.717) is 17.1 Å². The second-order valence-corrected chi connectivity index (χ2v) is 5.06. The quantitative estimate of drug-likeness (QED) is 0.582. The van der Waals surface area contributed by atoms with Gasteiger partial charge in [-0.3, -0.25) is 9.59 Å². The molecule has 26 heavy (non-hydrogen) atoms. The zero-order valence-corrected chi connectivity index (χ0v) is 14.3. The Hall–Kier alpha value is -3.42. The lowest BCUT2D eigenvalue weighted by Crippen LogP contribution is -2.35. The van der Waals surface area contributed by atoms with Gasteiger partial charge in [-0.25, -0.2) is 9.82 Å². The first-order valence-electron chi connectivity index (χ1n) is 7.61. The highest BCUT2D eigenvalue weighted by Gasteiger charge is 2.11. The fraction of sp³-hybridized carbons (Fsp3) is 0.167. The largest absolute Gasteiger partial charge is 0.497 e. The van der Waals surface area contributed by atoms with Crippen molar-refractivity contribution in [2.45, 2.75) is 0 Å². The van der Waals surface area contributed by atoms with Crippen LogP contribution in [-0.2, 0) is 4.79 Å². The van der Waals surface area contributed by atoms with Crippen LogP contribution in [0.25, 0.3) is 0 Å². The molecule has 0 aliphatic carbocycles. The van der Waals surface area contributed by atoms with Gasteiger partial charge in [0.15, 0.2) is 0 Å². The number of benzene rings is 2.